The number of nitrogens with one attached hydrogen (secondary N) is 1. The highest BCUT2D eigenvalue weighted by atomic mass is 32.2. The summed E-state index contributed by atoms with van der Waals surface area (Å²) in [4.78, 5) is 28.1. The number of carbonyl (C=O) groups is 2. The Morgan fingerprint density at radius 1 is 1.25 bits per heavy atom. The van der Waals surface area contributed by atoms with E-state index in [1.165, 1.54) is 0 Å². The van der Waals surface area contributed by atoms with Gasteiger partial charge in [-0.15, -0.1) is 11.8 Å². The highest BCUT2D eigenvalue weighted by Crippen LogP contribution is 2.36. The first-order valence-electron chi connectivity index (χ1n) is 9.76. The van der Waals surface area contributed by atoms with Crippen LogP contribution in [0.3, 0.4) is 0 Å². The Hall–Kier alpha value is -2.47. The van der Waals surface area contributed by atoms with Crippen molar-refractivity contribution in [1.29, 1.82) is 0 Å². The molecule has 6 heteroatoms. The molecule has 0 spiro atoms. The van der Waals surface area contributed by atoms with Gasteiger partial charge in [0.1, 0.15) is 5.75 Å². The van der Waals surface area contributed by atoms with E-state index < -0.39 is 0 Å². The number of benzene rings is 2. The lowest BCUT2D eigenvalue weighted by Crippen LogP contribution is -2.30. The monoisotopic (exact) mass is 396 g/mol. The summed E-state index contributed by atoms with van der Waals surface area (Å²) in [5, 5.41) is 2.92. The van der Waals surface area contributed by atoms with Crippen LogP contribution in [0, 0.1) is 0 Å². The van der Waals surface area contributed by atoms with E-state index >= 15 is 0 Å². The number of amides is 2. The second kappa shape index (κ2) is 8.27. The van der Waals surface area contributed by atoms with E-state index in [0.29, 0.717) is 18.6 Å². The zero-order valence-corrected chi connectivity index (χ0v) is 16.8. The lowest BCUT2D eigenvalue weighted by molar-refractivity contribution is -0.115. The maximum absolute atomic E-state index is 13.2. The molecule has 2 aliphatic heterocycles. The molecule has 2 amide bonds. The highest BCUT2D eigenvalue weighted by Gasteiger charge is 2.31. The van der Waals surface area contributed by atoms with Gasteiger partial charge in [0.2, 0.25) is 5.91 Å². The van der Waals surface area contributed by atoms with Crippen LogP contribution < -0.4 is 10.1 Å². The third-order valence-electron chi connectivity index (χ3n) is 5.18. The molecule has 5 nitrogen and oxygen atoms in total. The first-order valence-corrected chi connectivity index (χ1v) is 10.7. The van der Waals surface area contributed by atoms with Crippen molar-refractivity contribution in [2.75, 3.05) is 24.2 Å². The number of likely N-dealkylation sites (tertiary alicyclic amines) is 1. The van der Waals surface area contributed by atoms with Crippen molar-refractivity contribution in [1.82, 2.24) is 4.90 Å². The first-order chi connectivity index (χ1) is 13.7. The van der Waals surface area contributed by atoms with Gasteiger partial charge < -0.3 is 15.0 Å². The minimum Gasteiger partial charge on any atom is -0.494 e. The van der Waals surface area contributed by atoms with Gasteiger partial charge in [0.05, 0.1) is 18.3 Å². The summed E-state index contributed by atoms with van der Waals surface area (Å²) in [6, 6.07) is 13.8. The molecule has 0 bridgehead atoms. The maximum Gasteiger partial charge on any atom is 0.254 e. The molecule has 0 radical (unpaired) electrons. The Morgan fingerprint density at radius 3 is 2.86 bits per heavy atom. The zero-order chi connectivity index (χ0) is 19.5. The van der Waals surface area contributed by atoms with Crippen molar-refractivity contribution in [3.05, 3.63) is 53.6 Å². The molecule has 2 heterocycles. The molecule has 1 N–H and O–H groups in total. The van der Waals surface area contributed by atoms with Crippen molar-refractivity contribution in [3.8, 4) is 5.75 Å². The number of thioether (sulfide) groups is 1. The average molecular weight is 397 g/mol. The molecule has 1 atom stereocenters. The largest absolute Gasteiger partial charge is 0.494 e. The summed E-state index contributed by atoms with van der Waals surface area (Å²) in [6.45, 7) is 3.35. The Balaban J connectivity index is 1.56. The number of ether oxygens (including phenoxy) is 1. The molecule has 146 valence electrons. The quantitative estimate of drug-likeness (QED) is 0.827. The van der Waals surface area contributed by atoms with Gasteiger partial charge in [-0.1, -0.05) is 12.1 Å². The van der Waals surface area contributed by atoms with Crippen LogP contribution in [-0.2, 0) is 4.79 Å². The first kappa shape index (κ1) is 18.9. The highest BCUT2D eigenvalue weighted by molar-refractivity contribution is 7.99. The van der Waals surface area contributed by atoms with Gasteiger partial charge in [-0.05, 0) is 55.7 Å². The van der Waals surface area contributed by atoms with Gasteiger partial charge in [0, 0.05) is 29.2 Å². The summed E-state index contributed by atoms with van der Waals surface area (Å²) < 4.78 is 5.52. The van der Waals surface area contributed by atoms with Gasteiger partial charge in [-0.2, -0.15) is 0 Å². The smallest absolute Gasteiger partial charge is 0.254 e. The van der Waals surface area contributed by atoms with Crippen molar-refractivity contribution in [3.63, 3.8) is 0 Å². The number of carbonyl (C=O) groups excluding carboxylic acids is 2. The second-order valence-corrected chi connectivity index (χ2v) is 8.15. The summed E-state index contributed by atoms with van der Waals surface area (Å²) in [5.41, 5.74) is 2.50. The van der Waals surface area contributed by atoms with Crippen LogP contribution in [0.2, 0.25) is 0 Å². The van der Waals surface area contributed by atoms with Gasteiger partial charge >= 0.3 is 0 Å². The van der Waals surface area contributed by atoms with Crippen molar-refractivity contribution < 1.29 is 14.3 Å². The minimum atomic E-state index is 0.00397. The summed E-state index contributed by atoms with van der Waals surface area (Å²) in [7, 11) is 0. The lowest BCUT2D eigenvalue weighted by atomic mass is 10.0. The zero-order valence-electron chi connectivity index (χ0n) is 15.9. The van der Waals surface area contributed by atoms with Gasteiger partial charge in [0.25, 0.3) is 5.91 Å². The molecule has 0 aliphatic carbocycles. The molecular formula is C22H24N2O3S. The summed E-state index contributed by atoms with van der Waals surface area (Å²) >= 11 is 1.65. The van der Waals surface area contributed by atoms with Gasteiger partial charge in [-0.25, -0.2) is 0 Å². The third kappa shape index (κ3) is 3.87. The van der Waals surface area contributed by atoms with E-state index in [2.05, 4.69) is 17.4 Å². The minimum absolute atomic E-state index is 0.00397. The number of nitrogens with zero attached hydrogens (tertiary/aromatic N) is 1. The van der Waals surface area contributed by atoms with Crippen LogP contribution in [0.25, 0.3) is 0 Å². The van der Waals surface area contributed by atoms with Crippen LogP contribution in [0.5, 0.6) is 5.75 Å². The second-order valence-electron chi connectivity index (χ2n) is 7.02. The number of hydrogen-bond acceptors (Lipinski definition) is 4. The predicted molar refractivity (Wildman–Crippen MR) is 111 cm³/mol. The number of anilines is 1. The van der Waals surface area contributed by atoms with E-state index in [1.807, 2.05) is 42.2 Å². The van der Waals surface area contributed by atoms with Crippen LogP contribution in [0.15, 0.2) is 47.4 Å². The molecular weight excluding hydrogens is 372 g/mol. The summed E-state index contributed by atoms with van der Waals surface area (Å²) in [6.07, 6.45) is 2.44. The fourth-order valence-corrected chi connectivity index (χ4v) is 4.77. The van der Waals surface area contributed by atoms with Crippen molar-refractivity contribution in [2.45, 2.75) is 37.1 Å². The number of hydrogen-bond donors (Lipinski definition) is 1. The Labute approximate surface area is 169 Å². The van der Waals surface area contributed by atoms with E-state index in [4.69, 9.17) is 4.74 Å². The summed E-state index contributed by atoms with van der Waals surface area (Å²) in [5.74, 6) is 1.63. The molecule has 1 fully saturated rings. The molecule has 2 aromatic carbocycles. The van der Waals surface area contributed by atoms with Gasteiger partial charge in [0.15, 0.2) is 0 Å². The molecule has 1 saturated heterocycles. The lowest BCUT2D eigenvalue weighted by Gasteiger charge is -2.25. The molecule has 28 heavy (non-hydrogen) atoms. The van der Waals surface area contributed by atoms with Crippen LogP contribution >= 0.6 is 11.8 Å². The third-order valence-corrected chi connectivity index (χ3v) is 6.25. The standard InChI is InChI=1S/C22H24N2O3S/c1-2-27-17-8-5-15(6-9-17)19-4-3-12-24(19)22(26)16-7-10-20-18(14-16)23-21(25)11-13-28-20/h5-10,14,19H,2-4,11-13H2,1H3,(H,23,25). The van der Waals surface area contributed by atoms with E-state index in [0.717, 1.165) is 47.0 Å². The van der Waals surface area contributed by atoms with Crippen LogP contribution in [-0.4, -0.2) is 35.6 Å². The number of rotatable bonds is 4. The average Bonchev–Trinajstić information content (AvgIpc) is 3.11. The molecule has 2 aliphatic rings. The SMILES string of the molecule is CCOc1ccc(C2CCCN2C(=O)c2ccc3c(c2)NC(=O)CCS3)cc1. The van der Waals surface area contributed by atoms with E-state index in [9.17, 15) is 9.59 Å². The normalized spacial score (nSPS) is 19.0. The molecule has 1 unspecified atom stereocenters. The van der Waals surface area contributed by atoms with Gasteiger partial charge in [-0.3, -0.25) is 9.59 Å². The Morgan fingerprint density at radius 2 is 2.07 bits per heavy atom. The topological polar surface area (TPSA) is 58.6 Å². The molecule has 2 aromatic rings. The molecule has 0 saturated carbocycles. The Kier molecular flexibility index (Phi) is 5.57. The molecule has 0 aromatic heterocycles. The van der Waals surface area contributed by atoms with Crippen molar-refractivity contribution in [2.24, 2.45) is 0 Å². The van der Waals surface area contributed by atoms with Crippen LogP contribution in [0.1, 0.15) is 48.1 Å². The Bertz CT molecular complexity index is 882. The van der Waals surface area contributed by atoms with E-state index in [1.54, 1.807) is 11.8 Å². The molecule has 4 rings (SSSR count). The van der Waals surface area contributed by atoms with E-state index in [-0.39, 0.29) is 17.9 Å². The predicted octanol–water partition coefficient (Wildman–Crippen LogP) is 4.50. The van der Waals surface area contributed by atoms with Crippen LogP contribution in [0.4, 0.5) is 5.69 Å². The fourth-order valence-electron chi connectivity index (χ4n) is 3.83. The van der Waals surface area contributed by atoms with Crippen molar-refractivity contribution >= 4 is 29.3 Å². The fraction of sp³-hybridized carbons (Fsp3) is 0.364. The maximum atomic E-state index is 13.2. The number of fused-ring (bicyclic) bond motifs is 1.